The average Bonchev–Trinajstić information content (AvgIpc) is 2.82. The number of nitrogens with zero attached hydrogens (tertiary/aromatic N) is 5. The molecule has 0 saturated heterocycles. The summed E-state index contributed by atoms with van der Waals surface area (Å²) in [5, 5.41) is 14.2. The average molecular weight is 261 g/mol. The van der Waals surface area contributed by atoms with Gasteiger partial charge in [0.05, 0.1) is 6.54 Å². The van der Waals surface area contributed by atoms with Gasteiger partial charge in [-0.25, -0.2) is 9.97 Å². The second-order valence-corrected chi connectivity index (χ2v) is 4.27. The maximum atomic E-state index is 4.48. The molecule has 7 heteroatoms. The Hall–Kier alpha value is -2.18. The van der Waals surface area contributed by atoms with Gasteiger partial charge in [0.1, 0.15) is 23.8 Å². The zero-order valence-electron chi connectivity index (χ0n) is 11.5. The third-order valence-corrected chi connectivity index (χ3v) is 2.73. The van der Waals surface area contributed by atoms with E-state index >= 15 is 0 Å². The molecule has 0 bridgehead atoms. The number of rotatable bonds is 6. The molecule has 0 fully saturated rings. The molecule has 102 valence electrons. The van der Waals surface area contributed by atoms with Crippen molar-refractivity contribution in [1.29, 1.82) is 0 Å². The van der Waals surface area contributed by atoms with Crippen LogP contribution in [0, 0.1) is 0 Å². The van der Waals surface area contributed by atoms with E-state index in [4.69, 9.17) is 0 Å². The van der Waals surface area contributed by atoms with E-state index in [1.54, 1.807) is 6.33 Å². The summed E-state index contributed by atoms with van der Waals surface area (Å²) in [5.41, 5.74) is 0. The topological polar surface area (TPSA) is 80.5 Å². The lowest BCUT2D eigenvalue weighted by molar-refractivity contribution is 0.802. The highest BCUT2D eigenvalue weighted by Gasteiger charge is 2.05. The maximum absolute atomic E-state index is 4.48. The van der Waals surface area contributed by atoms with Gasteiger partial charge >= 0.3 is 0 Å². The molecule has 0 aliphatic rings. The fraction of sp³-hybridized carbons (Fsp3) is 0.500. The summed E-state index contributed by atoms with van der Waals surface area (Å²) >= 11 is 0. The van der Waals surface area contributed by atoms with Gasteiger partial charge in [0.15, 0.2) is 5.82 Å². The maximum Gasteiger partial charge on any atom is 0.151 e. The molecule has 7 nitrogen and oxygen atoms in total. The van der Waals surface area contributed by atoms with Crippen molar-refractivity contribution in [3.8, 4) is 0 Å². The Balaban J connectivity index is 2.10. The Kier molecular flexibility index (Phi) is 4.27. The van der Waals surface area contributed by atoms with Crippen LogP contribution in [0.3, 0.4) is 0 Å². The number of nitrogens with one attached hydrogen (secondary N) is 2. The molecule has 0 radical (unpaired) electrons. The lowest BCUT2D eigenvalue weighted by atomic mass is 10.3. The molecule has 2 N–H and O–H groups in total. The highest BCUT2D eigenvalue weighted by Crippen LogP contribution is 2.12. The van der Waals surface area contributed by atoms with Crippen LogP contribution >= 0.6 is 0 Å². The summed E-state index contributed by atoms with van der Waals surface area (Å²) < 4.78 is 1.88. The zero-order chi connectivity index (χ0) is 13.7. The molecule has 0 spiro atoms. The minimum atomic E-state index is 0.586. The van der Waals surface area contributed by atoms with Gasteiger partial charge in [-0.05, 0) is 6.42 Å². The first-order chi connectivity index (χ1) is 9.22. The molecule has 19 heavy (non-hydrogen) atoms. The number of aromatic nitrogens is 5. The van der Waals surface area contributed by atoms with E-state index in [1.807, 2.05) is 24.7 Å². The van der Waals surface area contributed by atoms with Crippen molar-refractivity contribution in [2.75, 3.05) is 17.7 Å². The first kappa shape index (κ1) is 13.3. The molecule has 0 aliphatic carbocycles. The second-order valence-electron chi connectivity index (χ2n) is 4.27. The van der Waals surface area contributed by atoms with Crippen molar-refractivity contribution in [2.24, 2.45) is 7.05 Å². The third-order valence-electron chi connectivity index (χ3n) is 2.73. The third kappa shape index (κ3) is 3.40. The summed E-state index contributed by atoms with van der Waals surface area (Å²) in [7, 11) is 3.77. The van der Waals surface area contributed by atoms with E-state index in [2.05, 4.69) is 37.7 Å². The van der Waals surface area contributed by atoms with Crippen LogP contribution in [0.15, 0.2) is 12.4 Å². The van der Waals surface area contributed by atoms with E-state index < -0.39 is 0 Å². The highest BCUT2D eigenvalue weighted by atomic mass is 15.3. The molecule has 0 aromatic carbocycles. The Morgan fingerprint density at radius 1 is 1.26 bits per heavy atom. The molecular formula is C12H19N7. The van der Waals surface area contributed by atoms with Gasteiger partial charge in [-0.2, -0.15) is 0 Å². The Labute approximate surface area is 112 Å². The summed E-state index contributed by atoms with van der Waals surface area (Å²) in [6.45, 7) is 2.70. The Bertz CT molecular complexity index is 535. The zero-order valence-corrected chi connectivity index (χ0v) is 11.5. The minimum absolute atomic E-state index is 0.586. The summed E-state index contributed by atoms with van der Waals surface area (Å²) in [5.74, 6) is 3.32. The molecular weight excluding hydrogens is 242 g/mol. The monoisotopic (exact) mass is 261 g/mol. The van der Waals surface area contributed by atoms with E-state index in [0.29, 0.717) is 6.54 Å². The van der Waals surface area contributed by atoms with Crippen LogP contribution in [-0.4, -0.2) is 31.8 Å². The van der Waals surface area contributed by atoms with E-state index in [0.717, 1.165) is 36.1 Å². The molecule has 0 aliphatic heterocycles. The summed E-state index contributed by atoms with van der Waals surface area (Å²) in [4.78, 5) is 8.89. The first-order valence-electron chi connectivity index (χ1n) is 6.35. The number of hydrogen-bond acceptors (Lipinski definition) is 6. The predicted molar refractivity (Wildman–Crippen MR) is 73.9 cm³/mol. The Morgan fingerprint density at radius 3 is 2.68 bits per heavy atom. The molecule has 2 aromatic rings. The predicted octanol–water partition coefficient (Wildman–Crippen LogP) is 1.21. The second kappa shape index (κ2) is 6.12. The number of hydrogen-bond donors (Lipinski definition) is 2. The van der Waals surface area contributed by atoms with Crippen LogP contribution in [-0.2, 0) is 20.0 Å². The van der Waals surface area contributed by atoms with E-state index in [9.17, 15) is 0 Å². The van der Waals surface area contributed by atoms with Crippen molar-refractivity contribution < 1.29 is 0 Å². The lowest BCUT2D eigenvalue weighted by Crippen LogP contribution is -2.09. The standard InChI is InChI=1S/C12H19N7/c1-4-5-9-16-10(13-2)6-11(17-9)14-7-12-18-15-8-19(12)3/h6,8H,4-5,7H2,1-3H3,(H2,13,14,16,17). The van der Waals surface area contributed by atoms with Crippen molar-refractivity contribution in [1.82, 2.24) is 24.7 Å². The van der Waals surface area contributed by atoms with Crippen molar-refractivity contribution >= 4 is 11.6 Å². The van der Waals surface area contributed by atoms with E-state index in [-0.39, 0.29) is 0 Å². The van der Waals surface area contributed by atoms with Crippen LogP contribution in [0.1, 0.15) is 25.0 Å². The van der Waals surface area contributed by atoms with Crippen LogP contribution in [0.4, 0.5) is 11.6 Å². The summed E-state index contributed by atoms with van der Waals surface area (Å²) in [6, 6.07) is 1.88. The molecule has 2 aromatic heterocycles. The van der Waals surface area contributed by atoms with Gasteiger partial charge in [0, 0.05) is 26.6 Å². The number of anilines is 2. The van der Waals surface area contributed by atoms with Gasteiger partial charge in [0.25, 0.3) is 0 Å². The van der Waals surface area contributed by atoms with Gasteiger partial charge in [-0.15, -0.1) is 10.2 Å². The largest absolute Gasteiger partial charge is 0.373 e. The van der Waals surface area contributed by atoms with E-state index in [1.165, 1.54) is 0 Å². The fourth-order valence-corrected chi connectivity index (χ4v) is 1.69. The van der Waals surface area contributed by atoms with Gasteiger partial charge in [0.2, 0.25) is 0 Å². The van der Waals surface area contributed by atoms with Crippen molar-refractivity contribution in [3.05, 3.63) is 24.0 Å². The SMILES string of the molecule is CCCc1nc(NC)cc(NCc2nncn2C)n1. The van der Waals surface area contributed by atoms with Crippen LogP contribution < -0.4 is 10.6 Å². The molecule has 0 atom stereocenters. The fourth-order valence-electron chi connectivity index (χ4n) is 1.69. The quantitative estimate of drug-likeness (QED) is 0.813. The van der Waals surface area contributed by atoms with Crippen LogP contribution in [0.2, 0.25) is 0 Å². The minimum Gasteiger partial charge on any atom is -0.373 e. The number of aryl methyl sites for hydroxylation is 2. The molecule has 0 unspecified atom stereocenters. The lowest BCUT2D eigenvalue weighted by Gasteiger charge is -2.09. The molecule has 2 rings (SSSR count). The van der Waals surface area contributed by atoms with Crippen molar-refractivity contribution in [2.45, 2.75) is 26.3 Å². The smallest absolute Gasteiger partial charge is 0.151 e. The molecule has 0 saturated carbocycles. The molecule has 0 amide bonds. The molecule has 2 heterocycles. The van der Waals surface area contributed by atoms with Gasteiger partial charge in [-0.3, -0.25) is 0 Å². The van der Waals surface area contributed by atoms with Gasteiger partial charge < -0.3 is 15.2 Å². The van der Waals surface area contributed by atoms with Crippen LogP contribution in [0.25, 0.3) is 0 Å². The first-order valence-corrected chi connectivity index (χ1v) is 6.35. The Morgan fingerprint density at radius 2 is 2.05 bits per heavy atom. The normalized spacial score (nSPS) is 10.5. The summed E-state index contributed by atoms with van der Waals surface area (Å²) in [6.07, 6.45) is 3.57. The van der Waals surface area contributed by atoms with Gasteiger partial charge in [-0.1, -0.05) is 6.92 Å². The highest BCUT2D eigenvalue weighted by molar-refractivity contribution is 5.47. The van der Waals surface area contributed by atoms with Crippen LogP contribution in [0.5, 0.6) is 0 Å². The van der Waals surface area contributed by atoms with Crippen molar-refractivity contribution in [3.63, 3.8) is 0 Å².